The zero-order valence-electron chi connectivity index (χ0n) is 10.3. The van der Waals surface area contributed by atoms with Crippen LogP contribution in [0.2, 0.25) is 0 Å². The third-order valence-electron chi connectivity index (χ3n) is 2.72. The van der Waals surface area contributed by atoms with Gasteiger partial charge in [0.15, 0.2) is 0 Å². The summed E-state index contributed by atoms with van der Waals surface area (Å²) in [6, 6.07) is 3.91. The number of pyridine rings is 1. The Morgan fingerprint density at radius 3 is 2.53 bits per heavy atom. The summed E-state index contributed by atoms with van der Waals surface area (Å²) >= 11 is 1.65. The van der Waals surface area contributed by atoms with E-state index in [1.807, 2.05) is 26.0 Å². The van der Waals surface area contributed by atoms with Crippen molar-refractivity contribution >= 4 is 11.3 Å². The van der Waals surface area contributed by atoms with Gasteiger partial charge in [-0.25, -0.2) is 4.98 Å². The van der Waals surface area contributed by atoms with E-state index in [1.165, 1.54) is 4.88 Å². The number of aromatic nitrogens is 2. The quantitative estimate of drug-likeness (QED) is 0.908. The van der Waals surface area contributed by atoms with E-state index in [-0.39, 0.29) is 12.0 Å². The highest BCUT2D eigenvalue weighted by atomic mass is 32.1. The first-order chi connectivity index (χ1) is 8.04. The Bertz CT molecular complexity index is 505. The Labute approximate surface area is 105 Å². The van der Waals surface area contributed by atoms with Crippen molar-refractivity contribution in [3.8, 4) is 11.3 Å². The van der Waals surface area contributed by atoms with Gasteiger partial charge in [0, 0.05) is 28.2 Å². The van der Waals surface area contributed by atoms with Gasteiger partial charge in [0.25, 0.3) is 0 Å². The monoisotopic (exact) mass is 248 g/mol. The minimum atomic E-state index is -0.277. The van der Waals surface area contributed by atoms with Crippen LogP contribution in [0.3, 0.4) is 0 Å². The fourth-order valence-corrected chi connectivity index (χ4v) is 2.56. The van der Waals surface area contributed by atoms with Gasteiger partial charge in [-0.2, -0.15) is 0 Å². The van der Waals surface area contributed by atoms with Crippen LogP contribution in [0.4, 0.5) is 0 Å². The minimum absolute atomic E-state index is 0.107. The van der Waals surface area contributed by atoms with Gasteiger partial charge in [-0.15, -0.1) is 11.3 Å². The van der Waals surface area contributed by atoms with Crippen molar-refractivity contribution in [2.45, 2.75) is 26.2 Å². The first kappa shape index (κ1) is 12.2. The molecule has 2 aromatic heterocycles. The molecular formula is C13H16N2OS. The van der Waals surface area contributed by atoms with Gasteiger partial charge in [-0.05, 0) is 19.1 Å². The Morgan fingerprint density at radius 1 is 1.29 bits per heavy atom. The number of nitrogens with zero attached hydrogens (tertiary/aromatic N) is 2. The molecule has 17 heavy (non-hydrogen) atoms. The van der Waals surface area contributed by atoms with Crippen LogP contribution in [0.15, 0.2) is 24.5 Å². The lowest BCUT2D eigenvalue weighted by Gasteiger charge is -2.17. The maximum absolute atomic E-state index is 9.37. The first-order valence-electron chi connectivity index (χ1n) is 5.54. The lowest BCUT2D eigenvalue weighted by Crippen LogP contribution is -2.21. The van der Waals surface area contributed by atoms with Crippen LogP contribution in [0, 0.1) is 6.92 Å². The number of aliphatic hydroxyl groups excluding tert-OH is 1. The molecule has 0 aliphatic heterocycles. The van der Waals surface area contributed by atoms with Gasteiger partial charge in [0.05, 0.1) is 12.3 Å². The number of hydrogen-bond donors (Lipinski definition) is 1. The van der Waals surface area contributed by atoms with E-state index >= 15 is 0 Å². The molecule has 0 saturated carbocycles. The van der Waals surface area contributed by atoms with Crippen molar-refractivity contribution in [3.63, 3.8) is 0 Å². The average molecular weight is 248 g/mol. The van der Waals surface area contributed by atoms with Crippen LogP contribution in [0.5, 0.6) is 0 Å². The molecule has 2 rings (SSSR count). The number of hydrogen-bond acceptors (Lipinski definition) is 4. The smallest absolute Gasteiger partial charge is 0.101 e. The van der Waals surface area contributed by atoms with Crippen LogP contribution in [-0.2, 0) is 5.41 Å². The molecule has 0 bridgehead atoms. The van der Waals surface area contributed by atoms with Gasteiger partial charge in [-0.3, -0.25) is 4.98 Å². The second-order valence-corrected chi connectivity index (χ2v) is 5.90. The summed E-state index contributed by atoms with van der Waals surface area (Å²) in [5, 5.41) is 10.4. The van der Waals surface area contributed by atoms with Gasteiger partial charge in [-0.1, -0.05) is 13.8 Å². The molecule has 0 fully saturated rings. The normalized spacial score (nSPS) is 11.8. The highest BCUT2D eigenvalue weighted by Gasteiger charge is 2.25. The molecule has 1 N–H and O–H groups in total. The zero-order valence-corrected chi connectivity index (χ0v) is 11.1. The van der Waals surface area contributed by atoms with Crippen LogP contribution < -0.4 is 0 Å². The number of rotatable bonds is 3. The molecule has 0 radical (unpaired) electrons. The fourth-order valence-electron chi connectivity index (χ4n) is 1.53. The molecule has 0 spiro atoms. The molecule has 2 heterocycles. The van der Waals surface area contributed by atoms with E-state index in [0.717, 1.165) is 16.3 Å². The number of aliphatic hydroxyl groups is 1. The SMILES string of the molecule is Cc1sc(C(C)(C)CO)nc1-c1ccncc1. The van der Waals surface area contributed by atoms with Crippen molar-refractivity contribution in [2.24, 2.45) is 0 Å². The summed E-state index contributed by atoms with van der Waals surface area (Å²) in [6.45, 7) is 6.17. The summed E-state index contributed by atoms with van der Waals surface area (Å²) in [7, 11) is 0. The number of thiazole rings is 1. The summed E-state index contributed by atoms with van der Waals surface area (Å²) in [5.41, 5.74) is 1.79. The maximum Gasteiger partial charge on any atom is 0.101 e. The van der Waals surface area contributed by atoms with Crippen LogP contribution >= 0.6 is 11.3 Å². The zero-order chi connectivity index (χ0) is 12.5. The average Bonchev–Trinajstić information content (AvgIpc) is 2.73. The van der Waals surface area contributed by atoms with E-state index in [9.17, 15) is 5.11 Å². The summed E-state index contributed by atoms with van der Waals surface area (Å²) in [5.74, 6) is 0. The Balaban J connectivity index is 2.45. The second kappa shape index (κ2) is 4.55. The van der Waals surface area contributed by atoms with E-state index in [0.29, 0.717) is 0 Å². The topological polar surface area (TPSA) is 46.0 Å². The van der Waals surface area contributed by atoms with Gasteiger partial charge in [0.1, 0.15) is 5.01 Å². The van der Waals surface area contributed by atoms with Gasteiger partial charge < -0.3 is 5.11 Å². The van der Waals surface area contributed by atoms with Gasteiger partial charge >= 0.3 is 0 Å². The summed E-state index contributed by atoms with van der Waals surface area (Å²) in [6.07, 6.45) is 3.54. The Morgan fingerprint density at radius 2 is 1.94 bits per heavy atom. The summed E-state index contributed by atoms with van der Waals surface area (Å²) < 4.78 is 0. The van der Waals surface area contributed by atoms with Crippen LogP contribution in [0.1, 0.15) is 23.7 Å². The van der Waals surface area contributed by atoms with Crippen molar-refractivity contribution in [2.75, 3.05) is 6.61 Å². The molecule has 0 amide bonds. The highest BCUT2D eigenvalue weighted by molar-refractivity contribution is 7.12. The third kappa shape index (κ3) is 2.37. The molecule has 0 aliphatic carbocycles. The van der Waals surface area contributed by atoms with E-state index in [1.54, 1.807) is 23.7 Å². The molecule has 0 aromatic carbocycles. The lowest BCUT2D eigenvalue weighted by molar-refractivity contribution is 0.218. The molecule has 2 aromatic rings. The van der Waals surface area contributed by atoms with Crippen molar-refractivity contribution in [3.05, 3.63) is 34.4 Å². The largest absolute Gasteiger partial charge is 0.395 e. The second-order valence-electron chi connectivity index (χ2n) is 4.70. The molecule has 0 saturated heterocycles. The molecule has 4 heteroatoms. The van der Waals surface area contributed by atoms with Crippen molar-refractivity contribution < 1.29 is 5.11 Å². The van der Waals surface area contributed by atoms with E-state index in [2.05, 4.69) is 16.9 Å². The molecular weight excluding hydrogens is 232 g/mol. The van der Waals surface area contributed by atoms with E-state index in [4.69, 9.17) is 0 Å². The van der Waals surface area contributed by atoms with Crippen molar-refractivity contribution in [1.29, 1.82) is 0 Å². The molecule has 0 aliphatic rings. The highest BCUT2D eigenvalue weighted by Crippen LogP contribution is 2.33. The van der Waals surface area contributed by atoms with Crippen LogP contribution in [-0.4, -0.2) is 21.7 Å². The number of aryl methyl sites for hydroxylation is 1. The Kier molecular flexibility index (Phi) is 3.26. The van der Waals surface area contributed by atoms with Gasteiger partial charge in [0.2, 0.25) is 0 Å². The predicted molar refractivity (Wildman–Crippen MR) is 70.2 cm³/mol. The fraction of sp³-hybridized carbons (Fsp3) is 0.385. The first-order valence-corrected chi connectivity index (χ1v) is 6.35. The molecule has 0 atom stereocenters. The molecule has 90 valence electrons. The third-order valence-corrected chi connectivity index (χ3v) is 4.06. The summed E-state index contributed by atoms with van der Waals surface area (Å²) in [4.78, 5) is 9.84. The Hall–Kier alpha value is -1.26. The predicted octanol–water partition coefficient (Wildman–Crippen LogP) is 2.78. The standard InChI is InChI=1S/C13H16N2OS/c1-9-11(10-4-6-14-7-5-10)15-12(17-9)13(2,3)8-16/h4-7,16H,8H2,1-3H3. The van der Waals surface area contributed by atoms with E-state index < -0.39 is 0 Å². The van der Waals surface area contributed by atoms with Crippen molar-refractivity contribution in [1.82, 2.24) is 9.97 Å². The minimum Gasteiger partial charge on any atom is -0.395 e. The maximum atomic E-state index is 9.37. The molecule has 0 unspecified atom stereocenters. The molecule has 3 nitrogen and oxygen atoms in total. The lowest BCUT2D eigenvalue weighted by atomic mass is 9.96. The van der Waals surface area contributed by atoms with Crippen LogP contribution in [0.25, 0.3) is 11.3 Å².